The van der Waals surface area contributed by atoms with E-state index in [0.29, 0.717) is 6.42 Å². The number of aromatic nitrogens is 3. The summed E-state index contributed by atoms with van der Waals surface area (Å²) in [6.07, 6.45) is -1.35. The molecule has 2 N–H and O–H groups in total. The van der Waals surface area contributed by atoms with Crippen LogP contribution in [-0.4, -0.2) is 77.7 Å². The van der Waals surface area contributed by atoms with Gasteiger partial charge < -0.3 is 36.7 Å². The van der Waals surface area contributed by atoms with E-state index in [0.717, 1.165) is 0 Å². The van der Waals surface area contributed by atoms with Gasteiger partial charge in [0.25, 0.3) is 14.1 Å². The largest absolute Gasteiger partial charge is 0.414 e. The minimum absolute atomic E-state index is 0.00924. The number of nitrogens with one attached hydrogen (secondary N) is 1. The van der Waals surface area contributed by atoms with Gasteiger partial charge in [0.1, 0.15) is 23.7 Å². The number of halogens is 1. The SMILES string of the molecule is CC(C)N(C(C)C)P(O)O[C@@H]1[C@@H]2O[Si](C(C)C)(C(C)C)O[Si](C(C)C)(C(C)C)OC(CCC#N)[C@H]2O[C@H]1n1cc(F)c2c(=O)[nH]cnc21. The first-order chi connectivity index (χ1) is 22.4. The molecule has 4 heterocycles. The van der Waals surface area contributed by atoms with Crippen LogP contribution in [-0.2, 0) is 22.2 Å². The molecule has 2 aromatic heterocycles. The Hall–Kier alpha value is -1.58. The van der Waals surface area contributed by atoms with Crippen molar-refractivity contribution in [1.29, 1.82) is 5.26 Å². The fourth-order valence-electron chi connectivity index (χ4n) is 7.42. The zero-order valence-corrected chi connectivity index (χ0v) is 33.3. The van der Waals surface area contributed by atoms with Gasteiger partial charge in [-0.05, 0) is 56.3 Å². The maximum Gasteiger partial charge on any atom is 0.335 e. The smallest absolute Gasteiger partial charge is 0.335 e. The lowest BCUT2D eigenvalue weighted by molar-refractivity contribution is -0.0936. The predicted octanol–water partition coefficient (Wildman–Crippen LogP) is 7.11. The molecule has 6 atom stereocenters. The molecule has 0 saturated carbocycles. The molecule has 0 aliphatic carbocycles. The highest BCUT2D eigenvalue weighted by Gasteiger charge is 2.64. The van der Waals surface area contributed by atoms with Crippen molar-refractivity contribution in [2.45, 2.75) is 161 Å². The third kappa shape index (κ3) is 7.13. The van der Waals surface area contributed by atoms with Gasteiger partial charge in [0.2, 0.25) is 0 Å². The van der Waals surface area contributed by atoms with Crippen molar-refractivity contribution in [3.8, 4) is 6.07 Å². The molecule has 48 heavy (non-hydrogen) atoms. The quantitative estimate of drug-likeness (QED) is 0.171. The number of nitrogens with zero attached hydrogens (tertiary/aromatic N) is 4. The number of rotatable bonds is 12. The van der Waals surface area contributed by atoms with Crippen LogP contribution >= 0.6 is 8.53 Å². The molecule has 2 aliphatic heterocycles. The molecule has 0 bridgehead atoms. The lowest BCUT2D eigenvalue weighted by Gasteiger charge is -2.53. The minimum Gasteiger partial charge on any atom is -0.414 e. The van der Waals surface area contributed by atoms with Crippen molar-refractivity contribution in [3.05, 3.63) is 28.7 Å². The van der Waals surface area contributed by atoms with Crippen LogP contribution in [0, 0.1) is 17.1 Å². The minimum atomic E-state index is -3.21. The molecular formula is C32H55FN5O7PSi2. The molecule has 2 fully saturated rings. The van der Waals surface area contributed by atoms with E-state index in [1.165, 1.54) is 17.1 Å². The van der Waals surface area contributed by atoms with Gasteiger partial charge in [0.05, 0.1) is 18.5 Å². The average Bonchev–Trinajstić information content (AvgIpc) is 3.49. The van der Waals surface area contributed by atoms with E-state index in [-0.39, 0.29) is 51.7 Å². The number of ether oxygens (including phenoxy) is 1. The van der Waals surface area contributed by atoms with Crippen LogP contribution < -0.4 is 5.56 Å². The van der Waals surface area contributed by atoms with Crippen LogP contribution in [0.5, 0.6) is 0 Å². The molecule has 2 aliphatic rings. The van der Waals surface area contributed by atoms with Crippen molar-refractivity contribution >= 4 is 36.7 Å². The number of aromatic amines is 1. The summed E-state index contributed by atoms with van der Waals surface area (Å²) in [7, 11) is -8.48. The van der Waals surface area contributed by atoms with E-state index >= 15 is 4.39 Å². The first-order valence-electron chi connectivity index (χ1n) is 17.2. The molecular weight excluding hydrogens is 673 g/mol. The second kappa shape index (κ2) is 15.3. The van der Waals surface area contributed by atoms with Crippen LogP contribution in [0.3, 0.4) is 0 Å². The van der Waals surface area contributed by atoms with Crippen molar-refractivity contribution in [2.75, 3.05) is 0 Å². The number of nitriles is 1. The van der Waals surface area contributed by atoms with E-state index in [2.05, 4.69) is 71.4 Å². The Labute approximate surface area is 287 Å². The number of hydrogen-bond acceptors (Lipinski definition) is 10. The summed E-state index contributed by atoms with van der Waals surface area (Å²) < 4.78 is 54.6. The molecule has 12 nitrogen and oxygen atoms in total. The molecule has 0 spiro atoms. The van der Waals surface area contributed by atoms with Gasteiger partial charge in [-0.1, -0.05) is 55.4 Å². The van der Waals surface area contributed by atoms with E-state index < -0.39 is 67.7 Å². The fraction of sp³-hybridized carbons (Fsp3) is 0.781. The van der Waals surface area contributed by atoms with E-state index in [4.69, 9.17) is 22.2 Å². The third-order valence-corrected chi connectivity index (χ3v) is 21.7. The predicted molar refractivity (Wildman–Crippen MR) is 188 cm³/mol. The molecule has 0 aromatic carbocycles. The summed E-state index contributed by atoms with van der Waals surface area (Å²) in [6.45, 7) is 24.9. The summed E-state index contributed by atoms with van der Waals surface area (Å²) in [5, 5.41) is 9.51. The summed E-state index contributed by atoms with van der Waals surface area (Å²) in [6, 6.07) is 2.15. The van der Waals surface area contributed by atoms with E-state index in [1.807, 2.05) is 32.4 Å². The number of hydrogen-bond donors (Lipinski definition) is 2. The molecule has 2 saturated heterocycles. The van der Waals surface area contributed by atoms with E-state index in [9.17, 15) is 14.9 Å². The second-order valence-corrected chi connectivity index (χ2v) is 24.8. The fourth-order valence-corrected chi connectivity index (χ4v) is 20.1. The molecule has 2 aromatic rings. The first kappa shape index (κ1) is 39.2. The van der Waals surface area contributed by atoms with Gasteiger partial charge >= 0.3 is 17.1 Å². The van der Waals surface area contributed by atoms with Gasteiger partial charge in [-0.3, -0.25) is 4.79 Å². The summed E-state index contributed by atoms with van der Waals surface area (Å²) in [4.78, 5) is 31.3. The van der Waals surface area contributed by atoms with Crippen LogP contribution in [0.15, 0.2) is 17.3 Å². The monoisotopic (exact) mass is 727 g/mol. The Morgan fingerprint density at radius 1 is 1.02 bits per heavy atom. The first-order valence-corrected chi connectivity index (χ1v) is 22.3. The molecule has 2 unspecified atom stereocenters. The van der Waals surface area contributed by atoms with Gasteiger partial charge in [0.15, 0.2) is 17.7 Å². The van der Waals surface area contributed by atoms with Gasteiger partial charge in [-0.15, -0.1) is 0 Å². The van der Waals surface area contributed by atoms with Crippen LogP contribution in [0.4, 0.5) is 4.39 Å². The maximum absolute atomic E-state index is 15.5. The Kier molecular flexibility index (Phi) is 12.5. The van der Waals surface area contributed by atoms with Crippen molar-refractivity contribution < 1.29 is 31.5 Å². The number of H-pyrrole nitrogens is 1. The summed E-state index contributed by atoms with van der Waals surface area (Å²) >= 11 is 0. The van der Waals surface area contributed by atoms with Crippen LogP contribution in [0.25, 0.3) is 11.0 Å². The lowest BCUT2D eigenvalue weighted by Crippen LogP contribution is -2.67. The van der Waals surface area contributed by atoms with Crippen molar-refractivity contribution in [1.82, 2.24) is 19.2 Å². The molecule has 16 heteroatoms. The van der Waals surface area contributed by atoms with Crippen LogP contribution in [0.2, 0.25) is 22.2 Å². The molecule has 270 valence electrons. The van der Waals surface area contributed by atoms with Crippen molar-refractivity contribution in [3.63, 3.8) is 0 Å². The standard InChI is InChI=1S/C32H55FN5O7PSi2/c1-18(2)38(19(3)4)46(40)42-29-28-27(41-32(29)37-16-24(33)26-30(37)35-17-36-31(26)39)25(14-13-15-34)43-47(20(5)6,21(7)8)45-48(44-28,22(9)10)23(11)12/h16-23,25,27-29,32,40H,13-14H2,1-12H3,(H,35,36,39)/t25?,27-,28-,29-,32-,46?/m1/s1. The summed E-state index contributed by atoms with van der Waals surface area (Å²) in [5.41, 5.74) is -0.472. The van der Waals surface area contributed by atoms with Gasteiger partial charge in [-0.25, -0.2) is 14.0 Å². The maximum atomic E-state index is 15.5. The Balaban J connectivity index is 2.00. The van der Waals surface area contributed by atoms with Crippen LogP contribution in [0.1, 0.15) is 102 Å². The molecule has 0 amide bonds. The summed E-state index contributed by atoms with van der Waals surface area (Å²) in [5.74, 6) is -0.760. The number of fused-ring (bicyclic) bond motifs is 2. The van der Waals surface area contributed by atoms with Gasteiger partial charge in [0, 0.05) is 24.7 Å². The zero-order valence-electron chi connectivity index (χ0n) is 30.4. The molecule has 0 radical (unpaired) electrons. The highest BCUT2D eigenvalue weighted by atomic mass is 31.2. The zero-order chi connectivity index (χ0) is 35.9. The van der Waals surface area contributed by atoms with E-state index in [1.54, 1.807) is 0 Å². The Bertz CT molecular complexity index is 1480. The highest BCUT2D eigenvalue weighted by molar-refractivity contribution is 7.43. The average molecular weight is 728 g/mol. The topological polar surface area (TPSA) is 144 Å². The van der Waals surface area contributed by atoms with Crippen molar-refractivity contribution in [2.24, 2.45) is 0 Å². The molecule has 4 rings (SSSR count). The Morgan fingerprint density at radius 3 is 2.10 bits per heavy atom. The third-order valence-electron chi connectivity index (χ3n) is 9.64. The normalized spacial score (nSPS) is 26.6. The second-order valence-electron chi connectivity index (χ2n) is 14.8. The highest BCUT2D eigenvalue weighted by Crippen LogP contribution is 2.53. The van der Waals surface area contributed by atoms with Gasteiger partial charge in [-0.2, -0.15) is 5.26 Å². The Morgan fingerprint density at radius 2 is 1.58 bits per heavy atom. The lowest BCUT2D eigenvalue weighted by atomic mass is 10.0.